The van der Waals surface area contributed by atoms with Crippen LogP contribution in [0.1, 0.15) is 40.5 Å². The molecular formula is C18H38O8Si2. The van der Waals surface area contributed by atoms with Crippen molar-refractivity contribution in [2.75, 3.05) is 39.6 Å². The third-order valence-corrected chi connectivity index (χ3v) is 6.92. The molecule has 0 spiro atoms. The average Bonchev–Trinajstić information content (AvgIpc) is 2.67. The fourth-order valence-corrected chi connectivity index (χ4v) is 5.29. The number of carbonyl (C=O) groups excluding carboxylic acids is 2. The van der Waals surface area contributed by atoms with Gasteiger partial charge in [0, 0.05) is 26.4 Å². The van der Waals surface area contributed by atoms with Crippen molar-refractivity contribution in [1.82, 2.24) is 0 Å². The summed E-state index contributed by atoms with van der Waals surface area (Å²) in [5, 5.41) is 0. The molecule has 0 aliphatic carbocycles. The van der Waals surface area contributed by atoms with Gasteiger partial charge in [0.2, 0.25) is 0 Å². The maximum absolute atomic E-state index is 11.7. The Morgan fingerprint density at radius 3 is 1.25 bits per heavy atom. The molecule has 0 N–H and O–H groups in total. The SMILES string of the molecule is CCOC(OCC)[SiH2]CCOC(=O)CCC(=O)OCC[SiH2]C(OCC)OCC. The van der Waals surface area contributed by atoms with Crippen molar-refractivity contribution >= 4 is 31.0 Å². The molecule has 28 heavy (non-hydrogen) atoms. The molecule has 0 saturated carbocycles. The van der Waals surface area contributed by atoms with E-state index in [1.165, 1.54) is 0 Å². The van der Waals surface area contributed by atoms with E-state index in [2.05, 4.69) is 0 Å². The maximum atomic E-state index is 11.7. The molecule has 0 heterocycles. The fraction of sp³-hybridized carbons (Fsp3) is 0.889. The van der Waals surface area contributed by atoms with Crippen LogP contribution in [-0.4, -0.2) is 82.4 Å². The Balaban J connectivity index is 3.73. The standard InChI is InChI=1S/C18H38O8Si2/c1-5-21-17(22-6-2)27-13-11-25-15(19)9-10-16(20)26-12-14-28-18(23-7-3)24-8-4/h17-18H,5-14,27-28H2,1-4H3. The summed E-state index contributed by atoms with van der Waals surface area (Å²) in [5.41, 5.74) is 0. The summed E-state index contributed by atoms with van der Waals surface area (Å²) in [4.78, 5) is 23.4. The first-order valence-electron chi connectivity index (χ1n) is 10.3. The van der Waals surface area contributed by atoms with Crippen molar-refractivity contribution in [2.24, 2.45) is 0 Å². The van der Waals surface area contributed by atoms with Crippen molar-refractivity contribution in [2.45, 2.75) is 64.5 Å². The molecule has 0 fully saturated rings. The monoisotopic (exact) mass is 438 g/mol. The summed E-state index contributed by atoms with van der Waals surface area (Å²) in [6, 6.07) is 1.57. The van der Waals surface area contributed by atoms with Crippen LogP contribution in [0.4, 0.5) is 0 Å². The van der Waals surface area contributed by atoms with Crippen LogP contribution in [0.5, 0.6) is 0 Å². The molecule has 0 aromatic carbocycles. The molecule has 0 unspecified atom stereocenters. The Morgan fingerprint density at radius 1 is 0.643 bits per heavy atom. The van der Waals surface area contributed by atoms with Crippen LogP contribution in [0, 0.1) is 0 Å². The van der Waals surface area contributed by atoms with E-state index in [9.17, 15) is 9.59 Å². The van der Waals surface area contributed by atoms with Crippen molar-refractivity contribution < 1.29 is 38.0 Å². The minimum absolute atomic E-state index is 0.0404. The van der Waals surface area contributed by atoms with Crippen LogP contribution in [0.25, 0.3) is 0 Å². The van der Waals surface area contributed by atoms with Gasteiger partial charge >= 0.3 is 11.9 Å². The van der Waals surface area contributed by atoms with E-state index in [0.29, 0.717) is 39.6 Å². The normalized spacial score (nSPS) is 12.1. The lowest BCUT2D eigenvalue weighted by molar-refractivity contribution is -0.149. The first-order valence-corrected chi connectivity index (χ1v) is 14.0. The lowest BCUT2D eigenvalue weighted by atomic mass is 10.3. The van der Waals surface area contributed by atoms with E-state index in [0.717, 1.165) is 12.1 Å². The molecular weight excluding hydrogens is 400 g/mol. The number of carbonyl (C=O) groups is 2. The van der Waals surface area contributed by atoms with Gasteiger partial charge in [-0.2, -0.15) is 0 Å². The highest BCUT2D eigenvalue weighted by Gasteiger charge is 2.12. The van der Waals surface area contributed by atoms with E-state index in [-0.39, 0.29) is 36.6 Å². The molecule has 0 saturated heterocycles. The molecule has 0 aliphatic rings. The third-order valence-electron chi connectivity index (χ3n) is 3.64. The number of esters is 2. The van der Waals surface area contributed by atoms with Crippen LogP contribution in [0.2, 0.25) is 12.1 Å². The quantitative estimate of drug-likeness (QED) is 0.126. The summed E-state index contributed by atoms with van der Waals surface area (Å²) in [6.45, 7) is 10.9. The summed E-state index contributed by atoms with van der Waals surface area (Å²) in [6.07, 6.45) is 0.0807. The van der Waals surface area contributed by atoms with Crippen LogP contribution < -0.4 is 0 Å². The Hall–Kier alpha value is -0.786. The first-order chi connectivity index (χ1) is 13.6. The van der Waals surface area contributed by atoms with Crippen LogP contribution >= 0.6 is 0 Å². The van der Waals surface area contributed by atoms with Crippen molar-refractivity contribution in [3.63, 3.8) is 0 Å². The maximum Gasteiger partial charge on any atom is 0.306 e. The van der Waals surface area contributed by atoms with Gasteiger partial charge in [-0.05, 0) is 39.8 Å². The summed E-state index contributed by atoms with van der Waals surface area (Å²) >= 11 is 0. The van der Waals surface area contributed by atoms with Crippen LogP contribution in [-0.2, 0) is 38.0 Å². The molecule has 0 aromatic heterocycles. The van der Waals surface area contributed by atoms with Gasteiger partial charge in [-0.1, -0.05) is 0 Å². The highest BCUT2D eigenvalue weighted by Crippen LogP contribution is 2.01. The Labute approximate surface area is 173 Å². The van der Waals surface area contributed by atoms with E-state index < -0.39 is 19.0 Å². The summed E-state index contributed by atoms with van der Waals surface area (Å²) in [7, 11) is -1.26. The Morgan fingerprint density at radius 2 is 0.964 bits per heavy atom. The Bertz CT molecular complexity index is 350. The summed E-state index contributed by atoms with van der Waals surface area (Å²) in [5.74, 6) is -1.01. The lowest BCUT2D eigenvalue weighted by Crippen LogP contribution is -2.26. The van der Waals surface area contributed by atoms with Crippen molar-refractivity contribution in [3.05, 3.63) is 0 Å². The van der Waals surface area contributed by atoms with E-state index >= 15 is 0 Å². The van der Waals surface area contributed by atoms with Gasteiger partial charge in [0.15, 0.2) is 0 Å². The zero-order valence-corrected chi connectivity index (χ0v) is 20.7. The van der Waals surface area contributed by atoms with Gasteiger partial charge < -0.3 is 28.4 Å². The van der Waals surface area contributed by atoms with Gasteiger partial charge in [-0.25, -0.2) is 0 Å². The molecule has 166 valence electrons. The average molecular weight is 439 g/mol. The minimum Gasteiger partial charge on any atom is -0.466 e. The molecule has 0 rings (SSSR count). The first kappa shape index (κ1) is 27.2. The van der Waals surface area contributed by atoms with Gasteiger partial charge in [-0.3, -0.25) is 9.59 Å². The zero-order valence-electron chi connectivity index (χ0n) is 17.9. The van der Waals surface area contributed by atoms with Gasteiger partial charge in [0.25, 0.3) is 0 Å². The largest absolute Gasteiger partial charge is 0.466 e. The summed E-state index contributed by atoms with van der Waals surface area (Å²) < 4.78 is 32.2. The fourth-order valence-electron chi connectivity index (χ4n) is 2.39. The highest BCUT2D eigenvalue weighted by atomic mass is 28.2. The smallest absolute Gasteiger partial charge is 0.306 e. The van der Waals surface area contributed by atoms with E-state index in [1.54, 1.807) is 0 Å². The molecule has 0 aliphatic heterocycles. The van der Waals surface area contributed by atoms with E-state index in [1.807, 2.05) is 27.7 Å². The number of rotatable bonds is 19. The van der Waals surface area contributed by atoms with Crippen molar-refractivity contribution in [3.8, 4) is 0 Å². The molecule has 0 aromatic rings. The second-order valence-corrected chi connectivity index (χ2v) is 9.81. The second kappa shape index (κ2) is 19.5. The molecule has 0 atom stereocenters. The Kier molecular flexibility index (Phi) is 19.0. The molecule has 0 amide bonds. The predicted octanol–water partition coefficient (Wildman–Crippen LogP) is 0.740. The predicted molar refractivity (Wildman–Crippen MR) is 112 cm³/mol. The molecule has 8 nitrogen and oxygen atoms in total. The van der Waals surface area contributed by atoms with Gasteiger partial charge in [0.1, 0.15) is 11.8 Å². The van der Waals surface area contributed by atoms with Crippen molar-refractivity contribution in [1.29, 1.82) is 0 Å². The molecule has 0 radical (unpaired) electrons. The molecule has 10 heteroatoms. The second-order valence-electron chi connectivity index (χ2n) is 5.91. The van der Waals surface area contributed by atoms with Gasteiger partial charge in [0.05, 0.1) is 45.1 Å². The molecule has 0 bridgehead atoms. The lowest BCUT2D eigenvalue weighted by Gasteiger charge is -2.16. The third kappa shape index (κ3) is 16.2. The highest BCUT2D eigenvalue weighted by molar-refractivity contribution is 6.36. The topological polar surface area (TPSA) is 89.5 Å². The zero-order chi connectivity index (χ0) is 21.0. The number of ether oxygens (including phenoxy) is 6. The van der Waals surface area contributed by atoms with Crippen LogP contribution in [0.15, 0.2) is 0 Å². The van der Waals surface area contributed by atoms with Crippen LogP contribution in [0.3, 0.4) is 0 Å². The number of hydrogen-bond acceptors (Lipinski definition) is 8. The number of hydrogen-bond donors (Lipinski definition) is 0. The minimum atomic E-state index is -0.628. The van der Waals surface area contributed by atoms with E-state index in [4.69, 9.17) is 28.4 Å². The van der Waals surface area contributed by atoms with Gasteiger partial charge in [-0.15, -0.1) is 0 Å².